The minimum Gasteiger partial charge on any atom is -0.311 e. The minimum absolute atomic E-state index is 0.652. The van der Waals surface area contributed by atoms with Gasteiger partial charge in [0.25, 0.3) is 0 Å². The van der Waals surface area contributed by atoms with Crippen LogP contribution in [-0.2, 0) is 12.8 Å². The molecule has 0 bridgehead atoms. The van der Waals surface area contributed by atoms with Gasteiger partial charge in [-0.25, -0.2) is 0 Å². The maximum absolute atomic E-state index is 6.09. The fourth-order valence-corrected chi connectivity index (χ4v) is 9.73. The molecular formula is C42H36Cl6N2Si2. The number of hydrogen-bond donors (Lipinski definition) is 0. The zero-order chi connectivity index (χ0) is 36.6. The van der Waals surface area contributed by atoms with Crippen molar-refractivity contribution in [3.05, 3.63) is 174 Å². The second-order valence-corrected chi connectivity index (χ2v) is 31.1. The first-order chi connectivity index (χ1) is 25.0. The van der Waals surface area contributed by atoms with Crippen molar-refractivity contribution in [2.75, 3.05) is 9.80 Å². The lowest BCUT2D eigenvalue weighted by Crippen LogP contribution is -2.15. The Kier molecular flexibility index (Phi) is 13.2. The van der Waals surface area contributed by atoms with Crippen molar-refractivity contribution >= 4 is 107 Å². The number of halogens is 6. The maximum Gasteiger partial charge on any atom is 0.341 e. The van der Waals surface area contributed by atoms with E-state index in [0.717, 1.165) is 70.9 Å². The van der Waals surface area contributed by atoms with E-state index in [0.29, 0.717) is 12.1 Å². The predicted octanol–water partition coefficient (Wildman–Crippen LogP) is 14.9. The summed E-state index contributed by atoms with van der Waals surface area (Å²) in [6, 6.07) is 41.1. The van der Waals surface area contributed by atoms with Crippen molar-refractivity contribution in [1.82, 2.24) is 0 Å². The van der Waals surface area contributed by atoms with Gasteiger partial charge in [0.1, 0.15) is 0 Å². The van der Waals surface area contributed by atoms with Gasteiger partial charge in [-0.3, -0.25) is 0 Å². The van der Waals surface area contributed by atoms with Gasteiger partial charge in [0.2, 0.25) is 0 Å². The van der Waals surface area contributed by atoms with Gasteiger partial charge in [0.05, 0.1) is 5.70 Å². The molecule has 264 valence electrons. The third-order valence-electron chi connectivity index (χ3n) is 8.74. The molecule has 0 aliphatic heterocycles. The van der Waals surface area contributed by atoms with Crippen molar-refractivity contribution < 1.29 is 0 Å². The number of anilines is 5. The van der Waals surface area contributed by atoms with Crippen molar-refractivity contribution in [1.29, 1.82) is 0 Å². The van der Waals surface area contributed by atoms with Gasteiger partial charge in [-0.2, -0.15) is 0 Å². The number of aryl methyl sites for hydroxylation is 2. The third kappa shape index (κ3) is 11.0. The van der Waals surface area contributed by atoms with Crippen LogP contribution in [0.1, 0.15) is 24.0 Å². The van der Waals surface area contributed by atoms with Crippen molar-refractivity contribution in [2.24, 2.45) is 0 Å². The summed E-state index contributed by atoms with van der Waals surface area (Å²) in [7, 11) is 0. The Balaban J connectivity index is 1.21. The Morgan fingerprint density at radius 2 is 0.846 bits per heavy atom. The van der Waals surface area contributed by atoms with Gasteiger partial charge in [-0.15, -0.1) is 66.5 Å². The second kappa shape index (κ2) is 17.8. The molecule has 10 heteroatoms. The summed E-state index contributed by atoms with van der Waals surface area (Å²) in [5.41, 5.74) is 17.2. The van der Waals surface area contributed by atoms with Crippen LogP contribution >= 0.6 is 66.5 Å². The third-order valence-corrected chi connectivity index (χ3v) is 14.0. The molecule has 0 amide bonds. The molecule has 6 rings (SSSR count). The SMILES string of the molecule is Cl[Si](Cl)(Cl)CCCc1ccc(N(C2=CC=C=C=C2)c2ccc(-c3ccc(N(c4ccccc4)c4ccc(CCC[Si](Cl)(Cl)Cl)cc4)cc3)cc2)cc1. The van der Waals surface area contributed by atoms with E-state index in [1.165, 1.54) is 11.1 Å². The van der Waals surface area contributed by atoms with E-state index in [-0.39, 0.29) is 0 Å². The Hall–Kier alpha value is -3.09. The fraction of sp³-hybridized carbons (Fsp3) is 0.143. The van der Waals surface area contributed by atoms with E-state index in [2.05, 4.69) is 143 Å². The first-order valence-corrected chi connectivity index (χ1v) is 27.6. The summed E-state index contributed by atoms with van der Waals surface area (Å²) in [6.45, 7) is 0. The van der Waals surface area contributed by atoms with Gasteiger partial charge in [0.15, 0.2) is 0 Å². The largest absolute Gasteiger partial charge is 0.341 e. The van der Waals surface area contributed by atoms with Crippen molar-refractivity contribution in [3.8, 4) is 11.1 Å². The van der Waals surface area contributed by atoms with E-state index in [1.807, 2.05) is 24.3 Å². The summed E-state index contributed by atoms with van der Waals surface area (Å²) < 4.78 is 0. The highest BCUT2D eigenvalue weighted by atomic mass is 35.8. The van der Waals surface area contributed by atoms with Crippen LogP contribution < -0.4 is 9.80 Å². The van der Waals surface area contributed by atoms with Crippen molar-refractivity contribution in [2.45, 2.75) is 37.8 Å². The summed E-state index contributed by atoms with van der Waals surface area (Å²) in [4.78, 5) is 4.49. The summed E-state index contributed by atoms with van der Waals surface area (Å²) in [6.07, 6.45) is 9.36. The molecule has 52 heavy (non-hydrogen) atoms. The number of allylic oxidation sites excluding steroid dienone is 3. The normalized spacial score (nSPS) is 12.5. The highest BCUT2D eigenvalue weighted by Crippen LogP contribution is 2.37. The molecule has 1 aliphatic rings. The molecule has 0 radical (unpaired) electrons. The van der Waals surface area contributed by atoms with Crippen LogP contribution in [0.4, 0.5) is 28.4 Å². The second-order valence-electron chi connectivity index (χ2n) is 12.6. The lowest BCUT2D eigenvalue weighted by Gasteiger charge is -2.27. The Morgan fingerprint density at radius 3 is 1.25 bits per heavy atom. The van der Waals surface area contributed by atoms with E-state index in [1.54, 1.807) is 0 Å². The molecule has 0 unspecified atom stereocenters. The van der Waals surface area contributed by atoms with Crippen LogP contribution in [0.5, 0.6) is 0 Å². The molecule has 2 nitrogen and oxygen atoms in total. The molecule has 0 N–H and O–H groups in total. The maximum atomic E-state index is 6.09. The molecule has 5 aromatic rings. The van der Waals surface area contributed by atoms with Crippen LogP contribution in [0.3, 0.4) is 0 Å². The molecule has 5 aromatic carbocycles. The van der Waals surface area contributed by atoms with Crippen LogP contribution in [0, 0.1) is 0 Å². The average Bonchev–Trinajstić information content (AvgIpc) is 3.14. The van der Waals surface area contributed by atoms with Gasteiger partial charge in [-0.05, 0) is 133 Å². The summed E-state index contributed by atoms with van der Waals surface area (Å²) >= 11 is 36.6. The zero-order valence-corrected chi connectivity index (χ0v) is 34.8. The Morgan fingerprint density at radius 1 is 0.442 bits per heavy atom. The van der Waals surface area contributed by atoms with Gasteiger partial charge >= 0.3 is 12.0 Å². The number of para-hydroxylation sites is 1. The fourth-order valence-electron chi connectivity index (χ4n) is 6.16. The van der Waals surface area contributed by atoms with Crippen LogP contribution in [0.25, 0.3) is 11.1 Å². The molecule has 0 fully saturated rings. The molecule has 0 spiro atoms. The van der Waals surface area contributed by atoms with E-state index in [9.17, 15) is 0 Å². The number of rotatable bonds is 15. The molecule has 1 aliphatic carbocycles. The first-order valence-electron chi connectivity index (χ1n) is 17.1. The van der Waals surface area contributed by atoms with E-state index in [4.69, 9.17) is 66.5 Å². The highest BCUT2D eigenvalue weighted by Gasteiger charge is 2.24. The molecular weight excluding hydrogens is 801 g/mol. The van der Waals surface area contributed by atoms with Crippen LogP contribution in [-0.4, -0.2) is 12.0 Å². The quantitative estimate of drug-likeness (QED) is 0.0589. The van der Waals surface area contributed by atoms with Crippen LogP contribution in [0.2, 0.25) is 12.1 Å². The molecule has 0 heterocycles. The standard InChI is InChI=1S/C42H36Cl6N2Si2/c43-51(44,45)31-7-9-33-15-23-39(24-16-33)49(37-11-3-1-4-12-37)41-27-19-35(20-28-41)36-21-29-42(30-22-36)50(38-13-5-2-6-14-38)40-25-17-34(18-26-40)10-8-32-52(46,47)48/h1,3-5,11-30H,7-10,31-32H2. The predicted molar refractivity (Wildman–Crippen MR) is 232 cm³/mol. The number of benzene rings is 5. The number of nitrogens with zero attached hydrogens (tertiary/aromatic N) is 2. The Bertz CT molecular complexity index is 2060. The average molecular weight is 838 g/mol. The van der Waals surface area contributed by atoms with Crippen LogP contribution in [0.15, 0.2) is 163 Å². The topological polar surface area (TPSA) is 6.48 Å². The molecule has 0 aromatic heterocycles. The van der Waals surface area contributed by atoms with Crippen molar-refractivity contribution in [3.63, 3.8) is 0 Å². The Labute approximate surface area is 337 Å². The lowest BCUT2D eigenvalue weighted by atomic mass is 10.0. The smallest absolute Gasteiger partial charge is 0.311 e. The van der Waals surface area contributed by atoms with E-state index < -0.39 is 12.0 Å². The summed E-state index contributed by atoms with van der Waals surface area (Å²) in [5, 5.41) is 0. The molecule has 0 saturated heterocycles. The van der Waals surface area contributed by atoms with Gasteiger partial charge in [-0.1, -0.05) is 78.2 Å². The first kappa shape index (κ1) is 38.6. The van der Waals surface area contributed by atoms with Gasteiger partial charge in [0, 0.05) is 34.5 Å². The number of hydrogen-bond acceptors (Lipinski definition) is 2. The monoisotopic (exact) mass is 834 g/mol. The molecule has 0 saturated carbocycles. The van der Waals surface area contributed by atoms with Gasteiger partial charge < -0.3 is 9.80 Å². The zero-order valence-electron chi connectivity index (χ0n) is 28.3. The van der Waals surface area contributed by atoms with E-state index >= 15 is 0 Å². The minimum atomic E-state index is -2.61. The lowest BCUT2D eigenvalue weighted by molar-refractivity contribution is 0.914. The summed E-state index contributed by atoms with van der Waals surface area (Å²) in [5.74, 6) is 0. The molecule has 0 atom stereocenters. The highest BCUT2D eigenvalue weighted by molar-refractivity contribution is 7.65.